The number of rotatable bonds is 2. The first kappa shape index (κ1) is 18.9. The molecular formula is C22H30O4. The van der Waals surface area contributed by atoms with E-state index >= 15 is 0 Å². The molecule has 0 bridgehead atoms. The third-order valence-corrected chi connectivity index (χ3v) is 6.53. The summed E-state index contributed by atoms with van der Waals surface area (Å²) in [5.41, 5.74) is 1.73. The second-order valence-electron chi connectivity index (χ2n) is 9.24. The number of aliphatic hydroxyl groups is 1. The number of ether oxygens (including phenoxy) is 1. The van der Waals surface area contributed by atoms with Gasteiger partial charge in [-0.3, -0.25) is 9.59 Å². The van der Waals surface area contributed by atoms with Gasteiger partial charge in [0.15, 0.2) is 5.76 Å². The molecule has 3 atom stereocenters. The van der Waals surface area contributed by atoms with Gasteiger partial charge in [-0.05, 0) is 41.9 Å². The van der Waals surface area contributed by atoms with Crippen molar-refractivity contribution in [3.63, 3.8) is 0 Å². The Morgan fingerprint density at radius 2 is 1.92 bits per heavy atom. The molecule has 0 aromatic rings. The van der Waals surface area contributed by atoms with Gasteiger partial charge in [-0.25, -0.2) is 0 Å². The van der Waals surface area contributed by atoms with E-state index in [0.717, 1.165) is 30.4 Å². The van der Waals surface area contributed by atoms with Crippen molar-refractivity contribution in [3.8, 4) is 0 Å². The van der Waals surface area contributed by atoms with Gasteiger partial charge in [-0.2, -0.15) is 0 Å². The Bertz CT molecular complexity index is 750. The van der Waals surface area contributed by atoms with Crippen LogP contribution in [0.4, 0.5) is 0 Å². The molecule has 1 N–H and O–H groups in total. The number of fused-ring (bicyclic) bond motifs is 3. The Morgan fingerprint density at radius 1 is 1.27 bits per heavy atom. The van der Waals surface area contributed by atoms with Gasteiger partial charge in [-0.1, -0.05) is 41.0 Å². The van der Waals surface area contributed by atoms with Crippen molar-refractivity contribution in [2.75, 3.05) is 0 Å². The van der Waals surface area contributed by atoms with Crippen molar-refractivity contribution in [2.24, 2.45) is 22.7 Å². The predicted molar refractivity (Wildman–Crippen MR) is 100 cm³/mol. The van der Waals surface area contributed by atoms with Crippen molar-refractivity contribution < 1.29 is 19.4 Å². The summed E-state index contributed by atoms with van der Waals surface area (Å²) in [7, 11) is 0. The molecule has 0 saturated heterocycles. The van der Waals surface area contributed by atoms with Crippen molar-refractivity contribution >= 4 is 11.8 Å². The van der Waals surface area contributed by atoms with Crippen molar-refractivity contribution in [1.82, 2.24) is 0 Å². The highest BCUT2D eigenvalue weighted by Crippen LogP contribution is 2.61. The monoisotopic (exact) mass is 358 g/mol. The number of allylic oxidation sites excluding steroid dienone is 4. The highest BCUT2D eigenvalue weighted by atomic mass is 16.5. The largest absolute Gasteiger partial charge is 0.504 e. The van der Waals surface area contributed by atoms with Crippen molar-refractivity contribution in [3.05, 3.63) is 34.6 Å². The van der Waals surface area contributed by atoms with Gasteiger partial charge in [0.1, 0.15) is 6.10 Å². The molecule has 3 aliphatic carbocycles. The van der Waals surface area contributed by atoms with Crippen LogP contribution in [0.1, 0.15) is 60.8 Å². The van der Waals surface area contributed by atoms with Gasteiger partial charge >= 0.3 is 5.97 Å². The first-order chi connectivity index (χ1) is 12.0. The smallest absolute Gasteiger partial charge is 0.303 e. The normalized spacial score (nSPS) is 33.3. The highest BCUT2D eigenvalue weighted by Gasteiger charge is 2.57. The summed E-state index contributed by atoms with van der Waals surface area (Å²) in [6, 6.07) is 0. The maximum absolute atomic E-state index is 12.8. The summed E-state index contributed by atoms with van der Waals surface area (Å²) in [6.45, 7) is 11.8. The fourth-order valence-corrected chi connectivity index (χ4v) is 5.59. The number of carbonyl (C=O) groups excluding carboxylic acids is 2. The lowest BCUT2D eigenvalue weighted by Gasteiger charge is -2.56. The Balaban J connectivity index is 2.24. The SMILES string of the molecule is CC(=O)O[C@H]1C=C2C=C(C(C)C)C(=O)C(O)=C2[C@@]2(C)CCCC(C)(C)[C@H]12. The zero-order chi connectivity index (χ0) is 19.4. The number of Topliss-reactive ketones (excluding diaryl/α,β-unsaturated/α-hetero) is 1. The van der Waals surface area contributed by atoms with Crippen LogP contribution in [0.25, 0.3) is 0 Å². The molecule has 0 aromatic heterocycles. The molecule has 142 valence electrons. The summed E-state index contributed by atoms with van der Waals surface area (Å²) >= 11 is 0. The van der Waals surface area contributed by atoms with Gasteiger partial charge < -0.3 is 9.84 Å². The van der Waals surface area contributed by atoms with Crippen LogP contribution < -0.4 is 0 Å². The summed E-state index contributed by atoms with van der Waals surface area (Å²) in [4.78, 5) is 24.5. The average Bonchev–Trinajstić information content (AvgIpc) is 2.48. The van der Waals surface area contributed by atoms with E-state index in [1.54, 1.807) is 0 Å². The van der Waals surface area contributed by atoms with Gasteiger partial charge in [0.25, 0.3) is 0 Å². The summed E-state index contributed by atoms with van der Waals surface area (Å²) < 4.78 is 5.73. The molecule has 4 nitrogen and oxygen atoms in total. The standard InChI is InChI=1S/C22H30O4/c1-12(2)15-10-14-11-16(26-13(3)23)20-21(4,5)8-7-9-22(20,6)17(14)19(25)18(15)24/h10-12,16,20,25H,7-9H2,1-6H3/t16-,20-,22+/m0/s1. The highest BCUT2D eigenvalue weighted by molar-refractivity contribution is 6.10. The minimum atomic E-state index is -0.398. The van der Waals surface area contributed by atoms with E-state index in [4.69, 9.17) is 4.74 Å². The molecule has 0 heterocycles. The van der Waals surface area contributed by atoms with Crippen LogP contribution in [0.2, 0.25) is 0 Å². The number of hydrogen-bond acceptors (Lipinski definition) is 4. The van der Waals surface area contributed by atoms with E-state index in [1.165, 1.54) is 6.92 Å². The Morgan fingerprint density at radius 3 is 2.50 bits per heavy atom. The van der Waals surface area contributed by atoms with Crippen LogP contribution in [0.3, 0.4) is 0 Å². The van der Waals surface area contributed by atoms with Gasteiger partial charge in [0.05, 0.1) is 0 Å². The van der Waals surface area contributed by atoms with Crippen LogP contribution in [-0.4, -0.2) is 23.0 Å². The van der Waals surface area contributed by atoms with E-state index in [0.29, 0.717) is 5.57 Å². The maximum atomic E-state index is 12.8. The minimum absolute atomic E-state index is 0.0209. The lowest BCUT2D eigenvalue weighted by molar-refractivity contribution is -0.154. The molecule has 0 radical (unpaired) electrons. The molecule has 3 aliphatic rings. The van der Waals surface area contributed by atoms with E-state index in [9.17, 15) is 14.7 Å². The molecule has 4 heteroatoms. The zero-order valence-corrected chi connectivity index (χ0v) is 16.7. The van der Waals surface area contributed by atoms with Crippen LogP contribution in [0.5, 0.6) is 0 Å². The van der Waals surface area contributed by atoms with Crippen molar-refractivity contribution in [2.45, 2.75) is 66.9 Å². The molecule has 3 rings (SSSR count). The summed E-state index contributed by atoms with van der Waals surface area (Å²) in [5, 5.41) is 10.9. The first-order valence-electron chi connectivity index (χ1n) is 9.58. The van der Waals surface area contributed by atoms with Gasteiger partial charge in [0.2, 0.25) is 5.78 Å². The van der Waals surface area contributed by atoms with Gasteiger partial charge in [-0.15, -0.1) is 0 Å². The number of esters is 1. The zero-order valence-electron chi connectivity index (χ0n) is 16.7. The van der Waals surface area contributed by atoms with Crippen LogP contribution in [0.15, 0.2) is 34.6 Å². The van der Waals surface area contributed by atoms with E-state index in [2.05, 4.69) is 20.8 Å². The Labute approximate surface area is 156 Å². The summed E-state index contributed by atoms with van der Waals surface area (Å²) in [5.74, 6) is -0.634. The minimum Gasteiger partial charge on any atom is -0.504 e. The fraction of sp³-hybridized carbons (Fsp3) is 0.636. The second-order valence-corrected chi connectivity index (χ2v) is 9.24. The molecule has 0 unspecified atom stereocenters. The van der Waals surface area contributed by atoms with Crippen molar-refractivity contribution in [1.29, 1.82) is 0 Å². The van der Waals surface area contributed by atoms with Crippen LogP contribution >= 0.6 is 0 Å². The lowest BCUT2D eigenvalue weighted by atomic mass is 9.49. The third kappa shape index (κ3) is 2.74. The third-order valence-electron chi connectivity index (χ3n) is 6.53. The predicted octanol–water partition coefficient (Wildman–Crippen LogP) is 4.67. The molecule has 1 fully saturated rings. The Kier molecular flexibility index (Phi) is 4.45. The second kappa shape index (κ2) is 6.11. The van der Waals surface area contributed by atoms with E-state index in [-0.39, 0.29) is 40.9 Å². The van der Waals surface area contributed by atoms with E-state index < -0.39 is 5.41 Å². The molecular weight excluding hydrogens is 328 g/mol. The number of aliphatic hydroxyl groups excluding tert-OH is 1. The first-order valence-corrected chi connectivity index (χ1v) is 9.58. The van der Waals surface area contributed by atoms with E-state index in [1.807, 2.05) is 26.0 Å². The molecule has 0 spiro atoms. The van der Waals surface area contributed by atoms with Gasteiger partial charge in [0, 0.05) is 29.4 Å². The summed E-state index contributed by atoms with van der Waals surface area (Å²) in [6.07, 6.45) is 6.41. The average molecular weight is 358 g/mol. The molecule has 0 aromatic carbocycles. The molecule has 1 saturated carbocycles. The topological polar surface area (TPSA) is 63.6 Å². The number of carbonyl (C=O) groups is 2. The molecule has 0 amide bonds. The maximum Gasteiger partial charge on any atom is 0.303 e. The van der Waals surface area contributed by atoms with Crippen LogP contribution in [-0.2, 0) is 14.3 Å². The quantitative estimate of drug-likeness (QED) is 0.729. The lowest BCUT2D eigenvalue weighted by Crippen LogP contribution is -2.53. The number of hydrogen-bond donors (Lipinski definition) is 1. The number of ketones is 1. The molecule has 26 heavy (non-hydrogen) atoms. The molecule has 0 aliphatic heterocycles. The Hall–Kier alpha value is -1.84. The fourth-order valence-electron chi connectivity index (χ4n) is 5.59. The van der Waals surface area contributed by atoms with Crippen LogP contribution in [0, 0.1) is 22.7 Å².